The first-order valence-electron chi connectivity index (χ1n) is 11.7. The van der Waals surface area contributed by atoms with Gasteiger partial charge in [-0.25, -0.2) is 0 Å². The fraction of sp³-hybridized carbons (Fsp3) is 0.345. The van der Waals surface area contributed by atoms with E-state index in [1.807, 2.05) is 0 Å². The summed E-state index contributed by atoms with van der Waals surface area (Å²) in [6, 6.07) is 28.1. The van der Waals surface area contributed by atoms with Crippen LogP contribution in [-0.2, 0) is 12.8 Å². The SMILES string of the molecule is O=C1c2c(CCC(c3ccccc3)c3ccccc3)cccc2CCC12CCNCC2. The molecule has 0 bridgehead atoms. The highest BCUT2D eigenvalue weighted by Gasteiger charge is 2.43. The van der Waals surface area contributed by atoms with E-state index in [1.165, 1.54) is 22.3 Å². The zero-order valence-corrected chi connectivity index (χ0v) is 18.1. The van der Waals surface area contributed by atoms with Gasteiger partial charge in [-0.3, -0.25) is 4.79 Å². The third-order valence-electron chi connectivity index (χ3n) is 7.49. The van der Waals surface area contributed by atoms with Crippen molar-refractivity contribution in [3.63, 3.8) is 0 Å². The Morgan fingerprint density at radius 3 is 2.06 bits per heavy atom. The van der Waals surface area contributed by atoms with E-state index in [0.29, 0.717) is 11.7 Å². The minimum atomic E-state index is -0.132. The predicted octanol–water partition coefficient (Wildman–Crippen LogP) is 5.95. The van der Waals surface area contributed by atoms with E-state index in [0.717, 1.165) is 57.2 Å². The molecule has 1 saturated heterocycles. The van der Waals surface area contributed by atoms with Crippen molar-refractivity contribution in [1.82, 2.24) is 5.32 Å². The van der Waals surface area contributed by atoms with Gasteiger partial charge in [0.2, 0.25) is 0 Å². The Morgan fingerprint density at radius 1 is 0.774 bits per heavy atom. The lowest BCUT2D eigenvalue weighted by atomic mass is 9.64. The maximum absolute atomic E-state index is 13.8. The van der Waals surface area contributed by atoms with E-state index in [1.54, 1.807) is 0 Å². The average molecular weight is 410 g/mol. The van der Waals surface area contributed by atoms with Crippen LogP contribution in [0.3, 0.4) is 0 Å². The number of nitrogens with one attached hydrogen (secondary N) is 1. The van der Waals surface area contributed by atoms with Gasteiger partial charge in [-0.2, -0.15) is 0 Å². The first-order chi connectivity index (χ1) is 15.3. The van der Waals surface area contributed by atoms with Gasteiger partial charge in [0.15, 0.2) is 5.78 Å². The molecule has 0 aromatic heterocycles. The van der Waals surface area contributed by atoms with Crippen molar-refractivity contribution in [3.05, 3.63) is 107 Å². The number of fused-ring (bicyclic) bond motifs is 1. The van der Waals surface area contributed by atoms with Crippen molar-refractivity contribution in [2.75, 3.05) is 13.1 Å². The van der Waals surface area contributed by atoms with E-state index in [4.69, 9.17) is 0 Å². The minimum Gasteiger partial charge on any atom is -0.317 e. The van der Waals surface area contributed by atoms with E-state index in [-0.39, 0.29) is 5.41 Å². The quantitative estimate of drug-likeness (QED) is 0.564. The fourth-order valence-corrected chi connectivity index (χ4v) is 5.69. The Kier molecular flexibility index (Phi) is 5.74. The number of Topliss-reactive ketones (excluding diaryl/α,β-unsaturated/α-hetero) is 1. The highest BCUT2D eigenvalue weighted by atomic mass is 16.1. The van der Waals surface area contributed by atoms with Gasteiger partial charge >= 0.3 is 0 Å². The molecule has 0 amide bonds. The number of carbonyl (C=O) groups is 1. The van der Waals surface area contributed by atoms with Crippen molar-refractivity contribution in [1.29, 1.82) is 0 Å². The van der Waals surface area contributed by atoms with Crippen LogP contribution in [-0.4, -0.2) is 18.9 Å². The normalized spacial score (nSPS) is 17.6. The summed E-state index contributed by atoms with van der Waals surface area (Å²) in [5.74, 6) is 0.756. The molecular formula is C29H31NO. The summed E-state index contributed by atoms with van der Waals surface area (Å²) in [4.78, 5) is 13.8. The predicted molar refractivity (Wildman–Crippen MR) is 127 cm³/mol. The molecule has 2 aliphatic rings. The first-order valence-corrected chi connectivity index (χ1v) is 11.7. The molecule has 0 atom stereocenters. The summed E-state index contributed by atoms with van der Waals surface area (Å²) < 4.78 is 0. The average Bonchev–Trinajstić information content (AvgIpc) is 2.84. The zero-order valence-electron chi connectivity index (χ0n) is 18.1. The number of hydrogen-bond acceptors (Lipinski definition) is 2. The molecule has 1 heterocycles. The maximum Gasteiger partial charge on any atom is 0.169 e. The number of rotatable bonds is 5. The van der Waals surface area contributed by atoms with E-state index in [2.05, 4.69) is 84.2 Å². The Balaban J connectivity index is 1.45. The van der Waals surface area contributed by atoms with E-state index >= 15 is 0 Å². The first kappa shape index (κ1) is 20.2. The highest BCUT2D eigenvalue weighted by Crippen LogP contribution is 2.43. The second-order valence-electron chi connectivity index (χ2n) is 9.22. The maximum atomic E-state index is 13.8. The van der Waals surface area contributed by atoms with Crippen LogP contribution in [0.15, 0.2) is 78.9 Å². The molecule has 1 aliphatic carbocycles. The molecule has 1 fully saturated rings. The lowest BCUT2D eigenvalue weighted by molar-refractivity contribution is 0.0684. The van der Waals surface area contributed by atoms with Crippen LogP contribution < -0.4 is 5.32 Å². The number of benzene rings is 3. The van der Waals surface area contributed by atoms with Gasteiger partial charge in [0.05, 0.1) is 0 Å². The van der Waals surface area contributed by atoms with Crippen LogP contribution in [0.25, 0.3) is 0 Å². The third-order valence-corrected chi connectivity index (χ3v) is 7.49. The highest BCUT2D eigenvalue weighted by molar-refractivity contribution is 6.04. The standard InChI is InChI=1S/C29H31NO/c31-28-27-24(12-7-13-25(27)16-17-29(28)18-20-30-21-19-29)14-15-26(22-8-3-1-4-9-22)23-10-5-2-6-11-23/h1-13,26,30H,14-21H2. The van der Waals surface area contributed by atoms with Crippen LogP contribution in [0.1, 0.15) is 64.2 Å². The summed E-state index contributed by atoms with van der Waals surface area (Å²) >= 11 is 0. The van der Waals surface area contributed by atoms with Gasteiger partial charge in [-0.1, -0.05) is 78.9 Å². The molecule has 0 unspecified atom stereocenters. The van der Waals surface area contributed by atoms with Crippen LogP contribution in [0.2, 0.25) is 0 Å². The molecule has 3 aromatic rings. The number of piperidine rings is 1. The van der Waals surface area contributed by atoms with Crippen molar-refractivity contribution in [3.8, 4) is 0 Å². The zero-order chi connectivity index (χ0) is 21.1. The summed E-state index contributed by atoms with van der Waals surface area (Å²) in [7, 11) is 0. The number of hydrogen-bond donors (Lipinski definition) is 1. The molecule has 31 heavy (non-hydrogen) atoms. The molecular weight excluding hydrogens is 378 g/mol. The smallest absolute Gasteiger partial charge is 0.169 e. The van der Waals surface area contributed by atoms with Crippen LogP contribution in [0.4, 0.5) is 0 Å². The van der Waals surface area contributed by atoms with E-state index in [9.17, 15) is 4.79 Å². The van der Waals surface area contributed by atoms with Gasteiger partial charge in [0.25, 0.3) is 0 Å². The second kappa shape index (κ2) is 8.80. The van der Waals surface area contributed by atoms with Crippen molar-refractivity contribution >= 4 is 5.78 Å². The summed E-state index contributed by atoms with van der Waals surface area (Å²) in [6.45, 7) is 1.93. The number of aryl methyl sites for hydroxylation is 2. The van der Waals surface area contributed by atoms with Gasteiger partial charge in [0, 0.05) is 16.9 Å². The molecule has 2 nitrogen and oxygen atoms in total. The Morgan fingerprint density at radius 2 is 1.42 bits per heavy atom. The van der Waals surface area contributed by atoms with Crippen molar-refractivity contribution < 1.29 is 4.79 Å². The van der Waals surface area contributed by atoms with Gasteiger partial charge in [-0.05, 0) is 73.9 Å². The topological polar surface area (TPSA) is 29.1 Å². The minimum absolute atomic E-state index is 0.132. The summed E-state index contributed by atoms with van der Waals surface area (Å²) in [5.41, 5.74) is 6.13. The third kappa shape index (κ3) is 3.97. The fourth-order valence-electron chi connectivity index (χ4n) is 5.69. The molecule has 5 rings (SSSR count). The van der Waals surface area contributed by atoms with Gasteiger partial charge in [-0.15, -0.1) is 0 Å². The molecule has 1 spiro atoms. The molecule has 1 N–H and O–H groups in total. The van der Waals surface area contributed by atoms with Crippen molar-refractivity contribution in [2.45, 2.75) is 44.4 Å². The van der Waals surface area contributed by atoms with Crippen LogP contribution >= 0.6 is 0 Å². The number of ketones is 1. The monoisotopic (exact) mass is 409 g/mol. The Bertz CT molecular complexity index is 995. The molecule has 1 aliphatic heterocycles. The molecule has 158 valence electrons. The second-order valence-corrected chi connectivity index (χ2v) is 9.22. The van der Waals surface area contributed by atoms with Gasteiger partial charge < -0.3 is 5.32 Å². The van der Waals surface area contributed by atoms with Crippen LogP contribution in [0.5, 0.6) is 0 Å². The Hall–Kier alpha value is -2.71. The largest absolute Gasteiger partial charge is 0.317 e. The van der Waals surface area contributed by atoms with Gasteiger partial charge in [0.1, 0.15) is 0 Å². The molecule has 0 radical (unpaired) electrons. The molecule has 3 aromatic carbocycles. The molecule has 0 saturated carbocycles. The van der Waals surface area contributed by atoms with Crippen LogP contribution in [0, 0.1) is 5.41 Å². The molecule has 2 heteroatoms. The summed E-state index contributed by atoms with van der Waals surface area (Å²) in [5, 5.41) is 3.44. The number of carbonyl (C=O) groups excluding carboxylic acids is 1. The van der Waals surface area contributed by atoms with Crippen molar-refractivity contribution in [2.24, 2.45) is 5.41 Å². The van der Waals surface area contributed by atoms with E-state index < -0.39 is 0 Å². The lowest BCUT2D eigenvalue weighted by Crippen LogP contribution is -2.45. The summed E-state index contributed by atoms with van der Waals surface area (Å²) in [6.07, 6.45) is 5.95. The Labute approximate surface area is 185 Å². The lowest BCUT2D eigenvalue weighted by Gasteiger charge is -2.40.